The monoisotopic (exact) mass is 411 g/mol. The van der Waals surface area contributed by atoms with E-state index in [0.29, 0.717) is 11.8 Å². The van der Waals surface area contributed by atoms with E-state index in [9.17, 15) is 4.79 Å². The Balaban J connectivity index is 1.45. The first-order valence-corrected chi connectivity index (χ1v) is 11.6. The number of thioether (sulfide) groups is 1. The topological polar surface area (TPSA) is 75.6 Å². The molecule has 1 aliphatic carbocycles. The van der Waals surface area contributed by atoms with Crippen molar-refractivity contribution in [3.8, 4) is 11.4 Å². The molecule has 1 saturated carbocycles. The number of rotatable bonds is 10. The number of carbonyl (C=O) groups excluding carboxylic acids is 1. The van der Waals surface area contributed by atoms with Gasteiger partial charge in [-0.2, -0.15) is 0 Å². The zero-order valence-electron chi connectivity index (χ0n) is 17.1. The summed E-state index contributed by atoms with van der Waals surface area (Å²) < 4.78 is 2.22. The summed E-state index contributed by atoms with van der Waals surface area (Å²) in [5.74, 6) is 1.33. The van der Waals surface area contributed by atoms with E-state index in [2.05, 4.69) is 51.0 Å². The number of nitrogens with one attached hydrogen (secondary N) is 2. The third kappa shape index (κ3) is 4.66. The molecule has 0 radical (unpaired) electrons. The molecule has 0 spiro atoms. The van der Waals surface area contributed by atoms with Gasteiger partial charge in [0.25, 0.3) is 0 Å². The van der Waals surface area contributed by atoms with E-state index in [1.165, 1.54) is 24.6 Å². The van der Waals surface area contributed by atoms with Gasteiger partial charge in [-0.1, -0.05) is 56.1 Å². The van der Waals surface area contributed by atoms with E-state index in [-0.39, 0.29) is 11.9 Å². The minimum Gasteiger partial charge on any atom is -0.360 e. The SMILES string of the molecule is CCCCC[C@@H](C)NC(=O)CSc1nnc(-c2c[nH]c3ccccc23)n1C1CC1. The molecule has 0 aliphatic heterocycles. The maximum Gasteiger partial charge on any atom is 0.230 e. The van der Waals surface area contributed by atoms with Crippen molar-refractivity contribution in [2.45, 2.75) is 69.6 Å². The molecule has 29 heavy (non-hydrogen) atoms. The van der Waals surface area contributed by atoms with Crippen molar-refractivity contribution in [2.24, 2.45) is 0 Å². The van der Waals surface area contributed by atoms with Gasteiger partial charge in [-0.05, 0) is 32.3 Å². The number of hydrogen-bond acceptors (Lipinski definition) is 4. The summed E-state index contributed by atoms with van der Waals surface area (Å²) >= 11 is 1.48. The Morgan fingerprint density at radius 2 is 2.14 bits per heavy atom. The minimum atomic E-state index is 0.0676. The van der Waals surface area contributed by atoms with Crippen molar-refractivity contribution >= 4 is 28.6 Å². The lowest BCUT2D eigenvalue weighted by Gasteiger charge is -2.13. The van der Waals surface area contributed by atoms with E-state index >= 15 is 0 Å². The largest absolute Gasteiger partial charge is 0.360 e. The van der Waals surface area contributed by atoms with Gasteiger partial charge < -0.3 is 10.3 Å². The van der Waals surface area contributed by atoms with Crippen LogP contribution >= 0.6 is 11.8 Å². The number of para-hydroxylation sites is 1. The molecule has 4 rings (SSSR count). The summed E-state index contributed by atoms with van der Waals surface area (Å²) in [6, 6.07) is 8.90. The van der Waals surface area contributed by atoms with Gasteiger partial charge in [0, 0.05) is 34.7 Å². The van der Waals surface area contributed by atoms with Crippen LogP contribution in [0, 0.1) is 0 Å². The second-order valence-electron chi connectivity index (χ2n) is 7.91. The number of nitrogens with zero attached hydrogens (tertiary/aromatic N) is 3. The maximum absolute atomic E-state index is 12.4. The van der Waals surface area contributed by atoms with Crippen LogP contribution in [0.4, 0.5) is 0 Å². The lowest BCUT2D eigenvalue weighted by Crippen LogP contribution is -2.33. The molecule has 1 atom stereocenters. The van der Waals surface area contributed by atoms with Gasteiger partial charge in [0.15, 0.2) is 11.0 Å². The van der Waals surface area contributed by atoms with Crippen LogP contribution in [-0.2, 0) is 4.79 Å². The highest BCUT2D eigenvalue weighted by Gasteiger charge is 2.31. The van der Waals surface area contributed by atoms with Gasteiger partial charge in [0.2, 0.25) is 5.91 Å². The number of fused-ring (bicyclic) bond motifs is 1. The smallest absolute Gasteiger partial charge is 0.230 e. The highest BCUT2D eigenvalue weighted by atomic mass is 32.2. The number of unbranched alkanes of at least 4 members (excludes halogenated alkanes) is 2. The van der Waals surface area contributed by atoms with E-state index in [4.69, 9.17) is 0 Å². The van der Waals surface area contributed by atoms with Crippen molar-refractivity contribution in [1.29, 1.82) is 0 Å². The molecule has 2 aromatic heterocycles. The third-order valence-electron chi connectivity index (χ3n) is 5.39. The van der Waals surface area contributed by atoms with Crippen LogP contribution in [0.15, 0.2) is 35.6 Å². The minimum absolute atomic E-state index is 0.0676. The van der Waals surface area contributed by atoms with E-state index < -0.39 is 0 Å². The summed E-state index contributed by atoms with van der Waals surface area (Å²) in [5, 5.41) is 14.0. The average Bonchev–Trinajstić information content (AvgIpc) is 3.32. The molecule has 2 heterocycles. The number of aromatic nitrogens is 4. The van der Waals surface area contributed by atoms with Gasteiger partial charge >= 0.3 is 0 Å². The van der Waals surface area contributed by atoms with Crippen LogP contribution in [0.25, 0.3) is 22.3 Å². The lowest BCUT2D eigenvalue weighted by atomic mass is 10.1. The first-order chi connectivity index (χ1) is 14.2. The Bertz CT molecular complexity index is 975. The number of amides is 1. The molecule has 1 fully saturated rings. The molecular formula is C22H29N5OS. The fraction of sp³-hybridized carbons (Fsp3) is 0.500. The van der Waals surface area contributed by atoms with Crippen LogP contribution in [0.2, 0.25) is 0 Å². The van der Waals surface area contributed by atoms with Crippen LogP contribution in [0.1, 0.15) is 58.4 Å². The molecule has 7 heteroatoms. The van der Waals surface area contributed by atoms with E-state index in [1.807, 2.05) is 18.3 Å². The first-order valence-electron chi connectivity index (χ1n) is 10.6. The molecule has 1 amide bonds. The molecular weight excluding hydrogens is 382 g/mol. The number of H-pyrrole nitrogens is 1. The second-order valence-corrected chi connectivity index (χ2v) is 8.85. The number of hydrogen-bond donors (Lipinski definition) is 2. The van der Waals surface area contributed by atoms with E-state index in [1.54, 1.807) is 0 Å². The lowest BCUT2D eigenvalue weighted by molar-refractivity contribution is -0.119. The fourth-order valence-corrected chi connectivity index (χ4v) is 4.51. The zero-order chi connectivity index (χ0) is 20.2. The molecule has 0 bridgehead atoms. The molecule has 6 nitrogen and oxygen atoms in total. The third-order valence-corrected chi connectivity index (χ3v) is 6.33. The van der Waals surface area contributed by atoms with Crippen molar-refractivity contribution in [3.63, 3.8) is 0 Å². The Kier molecular flexibility index (Phi) is 6.23. The van der Waals surface area contributed by atoms with Crippen LogP contribution in [0.5, 0.6) is 0 Å². The maximum atomic E-state index is 12.4. The molecule has 154 valence electrons. The molecule has 1 aliphatic rings. The van der Waals surface area contributed by atoms with Crippen molar-refractivity contribution in [3.05, 3.63) is 30.5 Å². The Hall–Kier alpha value is -2.28. The van der Waals surface area contributed by atoms with Crippen molar-refractivity contribution < 1.29 is 4.79 Å². The van der Waals surface area contributed by atoms with Gasteiger partial charge in [-0.25, -0.2) is 0 Å². The van der Waals surface area contributed by atoms with Gasteiger partial charge in [-0.15, -0.1) is 10.2 Å². The Labute approximate surface area is 175 Å². The van der Waals surface area contributed by atoms with Gasteiger partial charge in [0.05, 0.1) is 5.75 Å². The average molecular weight is 412 g/mol. The molecule has 2 N–H and O–H groups in total. The van der Waals surface area contributed by atoms with Gasteiger partial charge in [0.1, 0.15) is 0 Å². The van der Waals surface area contributed by atoms with Crippen molar-refractivity contribution in [1.82, 2.24) is 25.1 Å². The fourth-order valence-electron chi connectivity index (χ4n) is 3.70. The number of aromatic amines is 1. The number of benzene rings is 1. The number of carbonyl (C=O) groups is 1. The predicted molar refractivity (Wildman–Crippen MR) is 118 cm³/mol. The quantitative estimate of drug-likeness (QED) is 0.366. The molecule has 1 aromatic carbocycles. The molecule has 0 unspecified atom stereocenters. The standard InChI is InChI=1S/C22H29N5OS/c1-3-4-5-8-15(2)24-20(28)14-29-22-26-25-21(27(22)16-11-12-16)18-13-23-19-10-7-6-9-17(18)19/h6-7,9-10,13,15-16,23H,3-5,8,11-12,14H2,1-2H3,(H,24,28)/t15-/m1/s1. The van der Waals surface area contributed by atoms with Crippen LogP contribution in [-0.4, -0.2) is 37.5 Å². The van der Waals surface area contributed by atoms with Crippen LogP contribution in [0.3, 0.4) is 0 Å². The summed E-state index contributed by atoms with van der Waals surface area (Å²) in [5.41, 5.74) is 2.17. The predicted octanol–water partition coefficient (Wildman–Crippen LogP) is 4.94. The zero-order valence-corrected chi connectivity index (χ0v) is 18.0. The highest BCUT2D eigenvalue weighted by molar-refractivity contribution is 7.99. The van der Waals surface area contributed by atoms with Crippen LogP contribution < -0.4 is 5.32 Å². The normalized spacial score (nSPS) is 15.0. The summed E-state index contributed by atoms with van der Waals surface area (Å²) in [4.78, 5) is 15.7. The highest BCUT2D eigenvalue weighted by Crippen LogP contribution is 2.42. The summed E-state index contributed by atoms with van der Waals surface area (Å²) in [6.45, 7) is 4.28. The summed E-state index contributed by atoms with van der Waals surface area (Å²) in [6.07, 6.45) is 8.90. The first kappa shape index (κ1) is 20.0. The van der Waals surface area contributed by atoms with Gasteiger partial charge in [-0.3, -0.25) is 9.36 Å². The van der Waals surface area contributed by atoms with Crippen molar-refractivity contribution in [2.75, 3.05) is 5.75 Å². The summed E-state index contributed by atoms with van der Waals surface area (Å²) in [7, 11) is 0. The van der Waals surface area contributed by atoms with E-state index in [0.717, 1.165) is 53.1 Å². The molecule has 3 aromatic rings. The second kappa shape index (κ2) is 9.03. The molecule has 0 saturated heterocycles. The Morgan fingerprint density at radius 1 is 1.31 bits per heavy atom. The Morgan fingerprint density at radius 3 is 2.93 bits per heavy atom.